The first-order valence-corrected chi connectivity index (χ1v) is 10.2. The molecule has 3 rings (SSSR count). The maximum atomic E-state index is 12.9. The summed E-state index contributed by atoms with van der Waals surface area (Å²) in [6.45, 7) is 1.61. The van der Waals surface area contributed by atoms with E-state index in [0.29, 0.717) is 10.6 Å². The highest BCUT2D eigenvalue weighted by Crippen LogP contribution is 2.48. The minimum atomic E-state index is -4.59. The lowest BCUT2D eigenvalue weighted by Gasteiger charge is -2.10. The number of hydrogen-bond donors (Lipinski definition) is 2. The predicted molar refractivity (Wildman–Crippen MR) is 114 cm³/mol. The van der Waals surface area contributed by atoms with Crippen LogP contribution in [0.25, 0.3) is 0 Å². The Bertz CT molecular complexity index is 1070. The maximum absolute atomic E-state index is 12.9. The molecule has 1 saturated carbocycles. The summed E-state index contributed by atoms with van der Waals surface area (Å²) >= 11 is 5.80. The van der Waals surface area contributed by atoms with E-state index in [2.05, 4.69) is 15.8 Å². The Morgan fingerprint density at radius 1 is 1.06 bits per heavy atom. The first-order chi connectivity index (χ1) is 15.6. The summed E-state index contributed by atoms with van der Waals surface area (Å²) in [6, 6.07) is 10.7. The number of nitrogens with zero attached hydrogens (tertiary/aromatic N) is 1. The second-order valence-corrected chi connectivity index (χ2v) is 7.62. The van der Waals surface area contributed by atoms with Gasteiger partial charge in [0.05, 0.1) is 36.1 Å². The number of esters is 1. The molecule has 0 radical (unpaired) electrons. The van der Waals surface area contributed by atoms with Crippen LogP contribution in [0.5, 0.6) is 0 Å². The van der Waals surface area contributed by atoms with Crippen molar-refractivity contribution >= 4 is 41.3 Å². The van der Waals surface area contributed by atoms with Gasteiger partial charge < -0.3 is 10.1 Å². The maximum Gasteiger partial charge on any atom is 0.416 e. The topological polar surface area (TPSA) is 96.9 Å². The van der Waals surface area contributed by atoms with Crippen LogP contribution in [0.2, 0.25) is 5.02 Å². The molecule has 3 atom stereocenters. The van der Waals surface area contributed by atoms with Gasteiger partial charge in [-0.25, -0.2) is 5.43 Å². The van der Waals surface area contributed by atoms with Gasteiger partial charge in [0, 0.05) is 10.7 Å². The Labute approximate surface area is 191 Å². The summed E-state index contributed by atoms with van der Waals surface area (Å²) in [4.78, 5) is 37.4. The number of amides is 2. The van der Waals surface area contributed by atoms with Crippen molar-refractivity contribution < 1.29 is 32.3 Å². The van der Waals surface area contributed by atoms with Crippen LogP contribution in [0.4, 0.5) is 18.9 Å². The van der Waals surface area contributed by atoms with Crippen LogP contribution in [0, 0.1) is 17.8 Å². The molecule has 1 aliphatic carbocycles. The second kappa shape index (κ2) is 10.0. The highest BCUT2D eigenvalue weighted by Gasteiger charge is 2.63. The van der Waals surface area contributed by atoms with Crippen LogP contribution in [-0.4, -0.2) is 30.6 Å². The van der Waals surface area contributed by atoms with Gasteiger partial charge >= 0.3 is 12.1 Å². The molecule has 7 nitrogen and oxygen atoms in total. The van der Waals surface area contributed by atoms with Crippen molar-refractivity contribution in [1.82, 2.24) is 5.43 Å². The SMILES string of the molecule is CCOC(=O)[C@@H]1[C@H](C(=O)Nc2cccc(C(F)(F)F)c2)[C@@H]1C(=O)N/N=C\c1ccc(Cl)cc1. The monoisotopic (exact) mass is 481 g/mol. The van der Waals surface area contributed by atoms with E-state index < -0.39 is 47.3 Å². The molecule has 0 bridgehead atoms. The highest BCUT2D eigenvalue weighted by atomic mass is 35.5. The Morgan fingerprint density at radius 2 is 1.73 bits per heavy atom. The van der Waals surface area contributed by atoms with Crippen molar-refractivity contribution in [2.75, 3.05) is 11.9 Å². The molecule has 1 fully saturated rings. The van der Waals surface area contributed by atoms with Crippen molar-refractivity contribution in [3.05, 3.63) is 64.7 Å². The van der Waals surface area contributed by atoms with Crippen molar-refractivity contribution in [2.24, 2.45) is 22.9 Å². The zero-order valence-electron chi connectivity index (χ0n) is 17.2. The average Bonchev–Trinajstić information content (AvgIpc) is 3.51. The molecule has 11 heteroatoms. The second-order valence-electron chi connectivity index (χ2n) is 7.18. The Kier molecular flexibility index (Phi) is 7.37. The van der Waals surface area contributed by atoms with Crippen molar-refractivity contribution in [3.8, 4) is 0 Å². The molecule has 33 heavy (non-hydrogen) atoms. The van der Waals surface area contributed by atoms with Gasteiger partial charge in [-0.15, -0.1) is 0 Å². The van der Waals surface area contributed by atoms with E-state index in [9.17, 15) is 27.6 Å². The fourth-order valence-corrected chi connectivity index (χ4v) is 3.41. The largest absolute Gasteiger partial charge is 0.466 e. The predicted octanol–water partition coefficient (Wildman–Crippen LogP) is 3.87. The number of hydrazone groups is 1. The van der Waals surface area contributed by atoms with Crippen LogP contribution in [-0.2, 0) is 25.3 Å². The summed E-state index contributed by atoms with van der Waals surface area (Å²) in [5.41, 5.74) is 1.87. The molecule has 2 amide bonds. The van der Waals surface area contributed by atoms with Gasteiger partial charge in [-0.2, -0.15) is 18.3 Å². The van der Waals surface area contributed by atoms with Gasteiger partial charge in [-0.1, -0.05) is 29.8 Å². The number of rotatable bonds is 7. The molecular formula is C22H19ClF3N3O4. The van der Waals surface area contributed by atoms with E-state index in [1.807, 2.05) is 0 Å². The third kappa shape index (κ3) is 6.10. The number of carbonyl (C=O) groups is 3. The standard InChI is InChI=1S/C22H19ClF3N3O4/c1-2-33-21(32)18-16(19(30)28-15-5-3-4-13(10-15)22(24,25)26)17(18)20(31)29-27-11-12-6-8-14(23)9-7-12/h3-11,16-18H,2H2,1H3,(H,28,30)(H,29,31)/b27-11-/t16-,17+,18-/m1/s1. The van der Waals surface area contributed by atoms with E-state index in [-0.39, 0.29) is 12.3 Å². The molecule has 1 aliphatic rings. The van der Waals surface area contributed by atoms with Crippen LogP contribution >= 0.6 is 11.6 Å². The molecule has 0 saturated heterocycles. The number of hydrogen-bond acceptors (Lipinski definition) is 5. The molecule has 0 aliphatic heterocycles. The van der Waals surface area contributed by atoms with Gasteiger partial charge in [0.2, 0.25) is 11.8 Å². The fourth-order valence-electron chi connectivity index (χ4n) is 3.29. The molecule has 0 spiro atoms. The molecule has 2 aromatic rings. The average molecular weight is 482 g/mol. The van der Waals surface area contributed by atoms with Crippen LogP contribution in [0.1, 0.15) is 18.1 Å². The summed E-state index contributed by atoms with van der Waals surface area (Å²) < 4.78 is 43.7. The first-order valence-electron chi connectivity index (χ1n) is 9.85. The quantitative estimate of drug-likeness (QED) is 0.356. The first kappa shape index (κ1) is 24.2. The lowest BCUT2D eigenvalue weighted by molar-refractivity contribution is -0.146. The minimum absolute atomic E-state index is 0.0420. The number of nitrogens with one attached hydrogen (secondary N) is 2. The number of ether oxygens (including phenoxy) is 1. The smallest absolute Gasteiger partial charge is 0.416 e. The number of benzene rings is 2. The van der Waals surface area contributed by atoms with Crippen molar-refractivity contribution in [2.45, 2.75) is 13.1 Å². The molecule has 0 heterocycles. The van der Waals surface area contributed by atoms with E-state index in [0.717, 1.165) is 18.2 Å². The van der Waals surface area contributed by atoms with Gasteiger partial charge in [0.25, 0.3) is 0 Å². The molecular weight excluding hydrogens is 463 g/mol. The van der Waals surface area contributed by atoms with E-state index in [4.69, 9.17) is 16.3 Å². The van der Waals surface area contributed by atoms with E-state index >= 15 is 0 Å². The van der Waals surface area contributed by atoms with Crippen LogP contribution < -0.4 is 10.7 Å². The Balaban J connectivity index is 1.69. The van der Waals surface area contributed by atoms with Crippen LogP contribution in [0.15, 0.2) is 53.6 Å². The summed E-state index contributed by atoms with van der Waals surface area (Å²) in [5, 5.41) is 6.68. The number of anilines is 1. The van der Waals surface area contributed by atoms with Gasteiger partial charge in [-0.3, -0.25) is 14.4 Å². The Morgan fingerprint density at radius 3 is 2.36 bits per heavy atom. The molecule has 0 unspecified atom stereocenters. The minimum Gasteiger partial charge on any atom is -0.466 e. The van der Waals surface area contributed by atoms with E-state index in [1.54, 1.807) is 31.2 Å². The number of alkyl halides is 3. The lowest BCUT2D eigenvalue weighted by atomic mass is 10.2. The number of carbonyl (C=O) groups excluding carboxylic acids is 3. The van der Waals surface area contributed by atoms with Crippen molar-refractivity contribution in [1.29, 1.82) is 0 Å². The highest BCUT2D eigenvalue weighted by molar-refractivity contribution is 6.30. The number of halogens is 4. The summed E-state index contributed by atoms with van der Waals surface area (Å²) in [5.74, 6) is -5.46. The summed E-state index contributed by atoms with van der Waals surface area (Å²) in [6.07, 6.45) is -3.23. The van der Waals surface area contributed by atoms with Gasteiger partial charge in [0.15, 0.2) is 0 Å². The molecule has 2 N–H and O–H groups in total. The molecule has 0 aromatic heterocycles. The third-order valence-corrected chi connectivity index (χ3v) is 5.15. The lowest BCUT2D eigenvalue weighted by Crippen LogP contribution is -2.24. The van der Waals surface area contributed by atoms with E-state index in [1.165, 1.54) is 12.3 Å². The molecule has 2 aromatic carbocycles. The summed E-state index contributed by atoms with van der Waals surface area (Å²) in [7, 11) is 0. The fraction of sp³-hybridized carbons (Fsp3) is 0.273. The van der Waals surface area contributed by atoms with Crippen molar-refractivity contribution in [3.63, 3.8) is 0 Å². The molecule has 174 valence electrons. The van der Waals surface area contributed by atoms with Gasteiger partial charge in [0.1, 0.15) is 0 Å². The zero-order chi connectivity index (χ0) is 24.2. The third-order valence-electron chi connectivity index (χ3n) is 4.90. The zero-order valence-corrected chi connectivity index (χ0v) is 18.0. The van der Waals surface area contributed by atoms with Gasteiger partial charge in [-0.05, 0) is 42.8 Å². The Hall–Kier alpha value is -3.40. The normalized spacial score (nSPS) is 19.7. The van der Waals surface area contributed by atoms with Crippen LogP contribution in [0.3, 0.4) is 0 Å².